The quantitative estimate of drug-likeness (QED) is 0.588. The molecule has 0 aliphatic heterocycles. The second-order valence-electron chi connectivity index (χ2n) is 7.93. The molecule has 1 amide bonds. The minimum atomic E-state index is -0.522. The van der Waals surface area contributed by atoms with Crippen LogP contribution in [0.3, 0.4) is 0 Å². The van der Waals surface area contributed by atoms with E-state index >= 15 is 0 Å². The molecule has 5 heteroatoms. The van der Waals surface area contributed by atoms with E-state index in [0.29, 0.717) is 5.58 Å². The lowest BCUT2D eigenvalue weighted by Crippen LogP contribution is -2.49. The Kier molecular flexibility index (Phi) is 5.67. The third-order valence-corrected chi connectivity index (χ3v) is 6.59. The van der Waals surface area contributed by atoms with Gasteiger partial charge in [-0.05, 0) is 49.9 Å². The Bertz CT molecular complexity index is 861. The molecule has 27 heavy (non-hydrogen) atoms. The van der Waals surface area contributed by atoms with Gasteiger partial charge in [-0.2, -0.15) is 0 Å². The molecule has 4 rings (SSSR count). The van der Waals surface area contributed by atoms with Crippen LogP contribution in [-0.4, -0.2) is 22.9 Å². The van der Waals surface area contributed by atoms with Crippen LogP contribution in [0.2, 0.25) is 0 Å². The molecular weight excluding hydrogens is 406 g/mol. The van der Waals surface area contributed by atoms with Gasteiger partial charge in [0.15, 0.2) is 0 Å². The number of carbonyl (C=O) groups is 1. The highest BCUT2D eigenvalue weighted by Gasteiger charge is 2.34. The first-order valence-electron chi connectivity index (χ1n) is 10.2. The van der Waals surface area contributed by atoms with E-state index < -0.39 is 5.63 Å². The van der Waals surface area contributed by atoms with Gasteiger partial charge in [0.1, 0.15) is 11.1 Å². The second kappa shape index (κ2) is 8.17. The minimum Gasteiger partial charge on any atom is -0.422 e. The van der Waals surface area contributed by atoms with E-state index in [2.05, 4.69) is 20.8 Å². The molecule has 0 atom stereocenters. The largest absolute Gasteiger partial charge is 0.422 e. The van der Waals surface area contributed by atoms with Gasteiger partial charge in [-0.1, -0.05) is 54.5 Å². The van der Waals surface area contributed by atoms with Gasteiger partial charge in [0.25, 0.3) is 5.91 Å². The molecule has 2 aliphatic carbocycles. The normalized spacial score (nSPS) is 19.3. The van der Waals surface area contributed by atoms with Gasteiger partial charge in [0, 0.05) is 21.9 Å². The molecule has 144 valence electrons. The first-order chi connectivity index (χ1) is 13.1. The Morgan fingerprint density at radius 3 is 2.11 bits per heavy atom. The van der Waals surface area contributed by atoms with Crippen molar-refractivity contribution >= 4 is 32.8 Å². The number of amides is 1. The van der Waals surface area contributed by atoms with Gasteiger partial charge < -0.3 is 9.32 Å². The Labute approximate surface area is 168 Å². The van der Waals surface area contributed by atoms with Crippen LogP contribution in [0.15, 0.2) is 37.9 Å². The molecule has 0 N–H and O–H groups in total. The van der Waals surface area contributed by atoms with Crippen LogP contribution in [0.25, 0.3) is 11.0 Å². The Balaban J connectivity index is 1.72. The molecule has 2 aliphatic rings. The van der Waals surface area contributed by atoms with Crippen molar-refractivity contribution in [2.45, 2.75) is 76.3 Å². The number of rotatable bonds is 3. The van der Waals surface area contributed by atoms with E-state index in [1.807, 2.05) is 12.1 Å². The fourth-order valence-electron chi connectivity index (χ4n) is 4.73. The van der Waals surface area contributed by atoms with Crippen molar-refractivity contribution in [3.63, 3.8) is 0 Å². The fraction of sp³-hybridized carbons (Fsp3) is 0.545. The number of benzene rings is 1. The third-order valence-electron chi connectivity index (χ3n) is 6.10. The predicted molar refractivity (Wildman–Crippen MR) is 110 cm³/mol. The highest BCUT2D eigenvalue weighted by atomic mass is 79.9. The molecule has 0 saturated heterocycles. The van der Waals surface area contributed by atoms with E-state index in [1.165, 1.54) is 38.5 Å². The van der Waals surface area contributed by atoms with Crippen LogP contribution in [0.5, 0.6) is 0 Å². The maximum atomic E-state index is 13.5. The average Bonchev–Trinajstić information content (AvgIpc) is 2.69. The van der Waals surface area contributed by atoms with Gasteiger partial charge in [-0.15, -0.1) is 0 Å². The van der Waals surface area contributed by atoms with Crippen molar-refractivity contribution in [3.05, 3.63) is 44.7 Å². The van der Waals surface area contributed by atoms with Crippen LogP contribution in [0, 0.1) is 0 Å². The summed E-state index contributed by atoms with van der Waals surface area (Å²) in [6.45, 7) is 0. The molecule has 1 heterocycles. The van der Waals surface area contributed by atoms with Crippen molar-refractivity contribution in [3.8, 4) is 0 Å². The van der Waals surface area contributed by atoms with Crippen molar-refractivity contribution in [2.24, 2.45) is 0 Å². The monoisotopic (exact) mass is 431 g/mol. The lowest BCUT2D eigenvalue weighted by molar-refractivity contribution is 0.0444. The van der Waals surface area contributed by atoms with E-state index in [0.717, 1.165) is 35.5 Å². The summed E-state index contributed by atoms with van der Waals surface area (Å²) < 4.78 is 6.37. The van der Waals surface area contributed by atoms with E-state index in [-0.39, 0.29) is 23.6 Å². The smallest absolute Gasteiger partial charge is 0.349 e. The standard InChI is InChI=1S/C22H26BrNO3/c23-16-11-12-20-15(13-16)14-19(22(26)27-20)21(25)24(17-7-3-1-4-8-17)18-9-5-2-6-10-18/h11-14,17-18H,1-10H2. The van der Waals surface area contributed by atoms with Crippen molar-refractivity contribution < 1.29 is 9.21 Å². The highest BCUT2D eigenvalue weighted by Crippen LogP contribution is 2.31. The minimum absolute atomic E-state index is 0.135. The summed E-state index contributed by atoms with van der Waals surface area (Å²) in [7, 11) is 0. The van der Waals surface area contributed by atoms with Gasteiger partial charge in [-0.3, -0.25) is 4.79 Å². The van der Waals surface area contributed by atoms with Gasteiger partial charge in [0.2, 0.25) is 0 Å². The third kappa shape index (κ3) is 3.98. The number of hydrogen-bond acceptors (Lipinski definition) is 3. The highest BCUT2D eigenvalue weighted by molar-refractivity contribution is 9.10. The maximum Gasteiger partial charge on any atom is 0.349 e. The summed E-state index contributed by atoms with van der Waals surface area (Å²) in [5.74, 6) is -0.135. The van der Waals surface area contributed by atoms with Crippen molar-refractivity contribution in [1.82, 2.24) is 4.90 Å². The average molecular weight is 432 g/mol. The molecule has 0 unspecified atom stereocenters. The van der Waals surface area contributed by atoms with E-state index in [9.17, 15) is 9.59 Å². The maximum absolute atomic E-state index is 13.5. The Morgan fingerprint density at radius 2 is 1.52 bits per heavy atom. The Hall–Kier alpha value is -1.62. The molecule has 2 saturated carbocycles. The Morgan fingerprint density at radius 1 is 0.926 bits per heavy atom. The summed E-state index contributed by atoms with van der Waals surface area (Å²) in [6, 6.07) is 7.71. The number of hydrogen-bond donors (Lipinski definition) is 0. The summed E-state index contributed by atoms with van der Waals surface area (Å²) in [4.78, 5) is 28.2. The topological polar surface area (TPSA) is 50.5 Å². The van der Waals surface area contributed by atoms with Crippen molar-refractivity contribution in [1.29, 1.82) is 0 Å². The van der Waals surface area contributed by atoms with E-state index in [4.69, 9.17) is 4.42 Å². The molecule has 1 aromatic carbocycles. The van der Waals surface area contributed by atoms with Crippen LogP contribution >= 0.6 is 15.9 Å². The lowest BCUT2D eigenvalue weighted by Gasteiger charge is -2.41. The molecule has 0 radical (unpaired) electrons. The fourth-order valence-corrected chi connectivity index (χ4v) is 5.11. The van der Waals surface area contributed by atoms with Crippen LogP contribution < -0.4 is 5.63 Å². The first kappa shape index (κ1) is 18.7. The zero-order valence-corrected chi connectivity index (χ0v) is 17.2. The van der Waals surface area contributed by atoms with Crippen LogP contribution in [0.4, 0.5) is 0 Å². The molecule has 0 bridgehead atoms. The number of fused-ring (bicyclic) bond motifs is 1. The van der Waals surface area contributed by atoms with Crippen LogP contribution in [-0.2, 0) is 0 Å². The van der Waals surface area contributed by atoms with Gasteiger partial charge >= 0.3 is 5.63 Å². The second-order valence-corrected chi connectivity index (χ2v) is 8.84. The predicted octanol–water partition coefficient (Wildman–Crippen LogP) is 5.66. The first-order valence-corrected chi connectivity index (χ1v) is 11.0. The van der Waals surface area contributed by atoms with Crippen LogP contribution in [0.1, 0.15) is 74.6 Å². The van der Waals surface area contributed by atoms with Crippen molar-refractivity contribution in [2.75, 3.05) is 0 Å². The summed E-state index contributed by atoms with van der Waals surface area (Å²) in [5.41, 5.74) is 0.171. The van der Waals surface area contributed by atoms with E-state index in [1.54, 1.807) is 12.1 Å². The summed E-state index contributed by atoms with van der Waals surface area (Å²) in [5, 5.41) is 0.777. The molecule has 2 fully saturated rings. The molecule has 1 aromatic heterocycles. The van der Waals surface area contributed by atoms with Gasteiger partial charge in [0.05, 0.1) is 0 Å². The molecule has 0 spiro atoms. The zero-order valence-electron chi connectivity index (χ0n) is 15.6. The summed E-state index contributed by atoms with van der Waals surface area (Å²) in [6.07, 6.45) is 11.4. The molecule has 2 aromatic rings. The van der Waals surface area contributed by atoms with Gasteiger partial charge in [-0.25, -0.2) is 4.79 Å². The SMILES string of the molecule is O=C(c1cc2cc(Br)ccc2oc1=O)N(C1CCCCC1)C1CCCCC1. The number of halogens is 1. The number of carbonyl (C=O) groups excluding carboxylic acids is 1. The molecular formula is C22H26BrNO3. The zero-order chi connectivity index (χ0) is 18.8. The lowest BCUT2D eigenvalue weighted by atomic mass is 9.88. The number of nitrogens with zero attached hydrogens (tertiary/aromatic N) is 1. The molecule has 4 nitrogen and oxygen atoms in total. The summed E-state index contributed by atoms with van der Waals surface area (Å²) >= 11 is 3.45.